The maximum atomic E-state index is 13.5. The first-order valence-electron chi connectivity index (χ1n) is 10.4. The lowest BCUT2D eigenvalue weighted by Gasteiger charge is -2.16. The standard InChI is InChI=1S/C26H22N2O5S/c1-16-8-14-19(15-9-16)34-23-22(27-20-6-4-5-7-21(20)32-2)24(29)28(25(23)30)18-12-10-17(11-13-18)26(31)33-3/h4-15,27H,1-3H3. The highest BCUT2D eigenvalue weighted by Crippen LogP contribution is 2.39. The number of methoxy groups -OCH3 is 2. The molecule has 172 valence electrons. The van der Waals surface area contributed by atoms with Crippen LogP contribution in [0.2, 0.25) is 0 Å². The zero-order valence-corrected chi connectivity index (χ0v) is 19.6. The Labute approximate surface area is 201 Å². The number of hydrogen-bond acceptors (Lipinski definition) is 7. The third-order valence-electron chi connectivity index (χ3n) is 5.20. The average Bonchev–Trinajstić information content (AvgIpc) is 3.09. The van der Waals surface area contributed by atoms with Crippen molar-refractivity contribution in [3.63, 3.8) is 0 Å². The van der Waals surface area contributed by atoms with Crippen molar-refractivity contribution in [2.45, 2.75) is 11.8 Å². The van der Waals surface area contributed by atoms with Crippen LogP contribution in [-0.4, -0.2) is 32.0 Å². The molecule has 1 aliphatic heterocycles. The first kappa shape index (κ1) is 23.1. The van der Waals surface area contributed by atoms with Crippen molar-refractivity contribution < 1.29 is 23.9 Å². The lowest BCUT2D eigenvalue weighted by atomic mass is 10.2. The van der Waals surface area contributed by atoms with Crippen LogP contribution >= 0.6 is 11.8 Å². The normalized spacial score (nSPS) is 13.3. The van der Waals surface area contributed by atoms with Gasteiger partial charge in [0.05, 0.1) is 31.2 Å². The highest BCUT2D eigenvalue weighted by Gasteiger charge is 2.40. The van der Waals surface area contributed by atoms with Crippen molar-refractivity contribution in [1.29, 1.82) is 0 Å². The number of nitrogens with one attached hydrogen (secondary N) is 1. The number of carbonyl (C=O) groups is 3. The smallest absolute Gasteiger partial charge is 0.337 e. The van der Waals surface area contributed by atoms with Crippen molar-refractivity contribution in [3.8, 4) is 5.75 Å². The van der Waals surface area contributed by atoms with Gasteiger partial charge in [0, 0.05) is 4.90 Å². The van der Waals surface area contributed by atoms with E-state index in [1.807, 2.05) is 43.3 Å². The Morgan fingerprint density at radius 2 is 1.56 bits per heavy atom. The molecule has 3 aromatic rings. The molecule has 0 radical (unpaired) electrons. The van der Waals surface area contributed by atoms with Crippen molar-refractivity contribution in [1.82, 2.24) is 0 Å². The molecule has 0 aromatic heterocycles. The molecule has 4 rings (SSSR count). The Balaban J connectivity index is 1.73. The van der Waals surface area contributed by atoms with Gasteiger partial charge >= 0.3 is 5.97 Å². The van der Waals surface area contributed by atoms with E-state index in [-0.39, 0.29) is 10.6 Å². The van der Waals surface area contributed by atoms with Gasteiger partial charge in [0.15, 0.2) is 0 Å². The molecule has 1 heterocycles. The van der Waals surface area contributed by atoms with E-state index in [2.05, 4.69) is 5.32 Å². The molecule has 0 saturated heterocycles. The zero-order chi connectivity index (χ0) is 24.2. The molecule has 2 amide bonds. The number of carbonyl (C=O) groups excluding carboxylic acids is 3. The summed E-state index contributed by atoms with van der Waals surface area (Å²) < 4.78 is 10.1. The van der Waals surface area contributed by atoms with Crippen LogP contribution in [-0.2, 0) is 14.3 Å². The SMILES string of the molecule is COC(=O)c1ccc(N2C(=O)C(Nc3ccccc3OC)=C(Sc3ccc(C)cc3)C2=O)cc1. The van der Waals surface area contributed by atoms with Gasteiger partial charge in [0.25, 0.3) is 11.8 Å². The molecule has 7 nitrogen and oxygen atoms in total. The minimum Gasteiger partial charge on any atom is -0.495 e. The first-order chi connectivity index (χ1) is 16.4. The molecule has 1 N–H and O–H groups in total. The Morgan fingerprint density at radius 1 is 0.882 bits per heavy atom. The number of ether oxygens (including phenoxy) is 2. The van der Waals surface area contributed by atoms with E-state index in [0.29, 0.717) is 22.7 Å². The molecule has 0 saturated carbocycles. The van der Waals surface area contributed by atoms with Gasteiger partial charge in [-0.25, -0.2) is 9.69 Å². The Morgan fingerprint density at radius 3 is 2.21 bits per heavy atom. The molecule has 34 heavy (non-hydrogen) atoms. The molecule has 1 aliphatic rings. The van der Waals surface area contributed by atoms with Gasteiger partial charge in [0.2, 0.25) is 0 Å². The summed E-state index contributed by atoms with van der Waals surface area (Å²) in [5.74, 6) is -0.927. The van der Waals surface area contributed by atoms with Gasteiger partial charge in [-0.15, -0.1) is 0 Å². The van der Waals surface area contributed by atoms with Crippen molar-refractivity contribution in [2.75, 3.05) is 24.4 Å². The van der Waals surface area contributed by atoms with Gasteiger partial charge in [0.1, 0.15) is 16.4 Å². The number of nitrogens with zero attached hydrogens (tertiary/aromatic N) is 1. The van der Waals surface area contributed by atoms with E-state index < -0.39 is 17.8 Å². The first-order valence-corrected chi connectivity index (χ1v) is 11.2. The maximum absolute atomic E-state index is 13.5. The fourth-order valence-electron chi connectivity index (χ4n) is 3.42. The maximum Gasteiger partial charge on any atom is 0.337 e. The Bertz CT molecular complexity index is 1280. The van der Waals surface area contributed by atoms with Crippen LogP contribution < -0.4 is 15.0 Å². The summed E-state index contributed by atoms with van der Waals surface area (Å²) in [7, 11) is 2.83. The molecular formula is C26H22N2O5S. The van der Waals surface area contributed by atoms with Gasteiger partial charge in [-0.05, 0) is 55.5 Å². The Kier molecular flexibility index (Phi) is 6.70. The van der Waals surface area contributed by atoms with E-state index >= 15 is 0 Å². The quantitative estimate of drug-likeness (QED) is 0.390. The van der Waals surface area contributed by atoms with E-state index in [0.717, 1.165) is 15.4 Å². The van der Waals surface area contributed by atoms with Crippen LogP contribution in [0.4, 0.5) is 11.4 Å². The van der Waals surface area contributed by atoms with Crippen LogP contribution in [0.1, 0.15) is 15.9 Å². The molecule has 0 bridgehead atoms. The lowest BCUT2D eigenvalue weighted by molar-refractivity contribution is -0.120. The van der Waals surface area contributed by atoms with Crippen LogP contribution in [0.15, 0.2) is 88.3 Å². The summed E-state index contributed by atoms with van der Waals surface area (Å²) in [6, 6.07) is 21.0. The van der Waals surface area contributed by atoms with E-state index in [1.165, 1.54) is 38.1 Å². The number of benzene rings is 3. The monoisotopic (exact) mass is 474 g/mol. The summed E-state index contributed by atoms with van der Waals surface area (Å²) >= 11 is 1.21. The number of anilines is 2. The number of rotatable bonds is 7. The zero-order valence-electron chi connectivity index (χ0n) is 18.8. The third-order valence-corrected chi connectivity index (χ3v) is 6.29. The number of hydrogen-bond donors (Lipinski definition) is 1. The van der Waals surface area contributed by atoms with Crippen LogP contribution in [0.25, 0.3) is 0 Å². The largest absolute Gasteiger partial charge is 0.495 e. The van der Waals surface area contributed by atoms with Gasteiger partial charge in [-0.3, -0.25) is 9.59 Å². The second-order valence-corrected chi connectivity index (χ2v) is 8.51. The van der Waals surface area contributed by atoms with E-state index in [4.69, 9.17) is 9.47 Å². The molecule has 0 spiro atoms. The molecular weight excluding hydrogens is 452 g/mol. The molecule has 0 fully saturated rings. The summed E-state index contributed by atoms with van der Waals surface area (Å²) in [6.07, 6.45) is 0. The van der Waals surface area contributed by atoms with Crippen LogP contribution in [0, 0.1) is 6.92 Å². The van der Waals surface area contributed by atoms with Crippen molar-refractivity contribution in [2.24, 2.45) is 0 Å². The van der Waals surface area contributed by atoms with Crippen molar-refractivity contribution in [3.05, 3.63) is 94.5 Å². The van der Waals surface area contributed by atoms with E-state index in [1.54, 1.807) is 24.3 Å². The second-order valence-electron chi connectivity index (χ2n) is 7.43. The number of thioether (sulfide) groups is 1. The topological polar surface area (TPSA) is 84.9 Å². The highest BCUT2D eigenvalue weighted by molar-refractivity contribution is 8.04. The number of aryl methyl sites for hydroxylation is 1. The number of imide groups is 1. The van der Waals surface area contributed by atoms with E-state index in [9.17, 15) is 14.4 Å². The van der Waals surface area contributed by atoms with Gasteiger partial charge < -0.3 is 14.8 Å². The average molecular weight is 475 g/mol. The second kappa shape index (κ2) is 9.84. The summed E-state index contributed by atoms with van der Waals surface area (Å²) in [5, 5.41) is 3.11. The number of amides is 2. The molecule has 3 aromatic carbocycles. The number of esters is 1. The number of para-hydroxylation sites is 2. The summed E-state index contributed by atoms with van der Waals surface area (Å²) in [5.41, 5.74) is 2.47. The molecule has 0 unspecified atom stereocenters. The molecule has 0 aliphatic carbocycles. The minimum absolute atomic E-state index is 0.150. The summed E-state index contributed by atoms with van der Waals surface area (Å²) in [4.78, 5) is 40.9. The van der Waals surface area contributed by atoms with Crippen molar-refractivity contribution >= 4 is 40.9 Å². The van der Waals surface area contributed by atoms with Gasteiger partial charge in [-0.1, -0.05) is 41.6 Å². The minimum atomic E-state index is -0.503. The predicted molar refractivity (Wildman–Crippen MR) is 131 cm³/mol. The fourth-order valence-corrected chi connectivity index (χ4v) is 4.35. The highest BCUT2D eigenvalue weighted by atomic mass is 32.2. The predicted octanol–water partition coefficient (Wildman–Crippen LogP) is 4.78. The Hall–Kier alpha value is -4.04. The molecule has 8 heteroatoms. The van der Waals surface area contributed by atoms with Gasteiger partial charge in [-0.2, -0.15) is 0 Å². The molecule has 0 atom stereocenters. The van der Waals surface area contributed by atoms with Crippen LogP contribution in [0.5, 0.6) is 5.75 Å². The third kappa shape index (κ3) is 4.53. The lowest BCUT2D eigenvalue weighted by Crippen LogP contribution is -2.32. The fraction of sp³-hybridized carbons (Fsp3) is 0.115. The van der Waals surface area contributed by atoms with Crippen LogP contribution in [0.3, 0.4) is 0 Å². The summed E-state index contributed by atoms with van der Waals surface area (Å²) in [6.45, 7) is 1.98.